The van der Waals surface area contributed by atoms with Crippen LogP contribution in [-0.4, -0.2) is 5.71 Å². The fraction of sp³-hybridized carbons (Fsp3) is 0.0952. The van der Waals surface area contributed by atoms with Crippen LogP contribution in [0.3, 0.4) is 0 Å². The second-order valence-corrected chi connectivity index (χ2v) is 7.95. The lowest BCUT2D eigenvalue weighted by Crippen LogP contribution is -2.05. The van der Waals surface area contributed by atoms with Gasteiger partial charge in [0.25, 0.3) is 0 Å². The zero-order valence-electron chi connectivity index (χ0n) is 13.3. The van der Waals surface area contributed by atoms with Crippen LogP contribution in [0.2, 0.25) is 10.0 Å². The van der Waals surface area contributed by atoms with Gasteiger partial charge in [-0.05, 0) is 41.5 Å². The molecular weight excluding hydrogens is 369 g/mol. The average molecular weight is 384 g/mol. The number of halogens is 2. The van der Waals surface area contributed by atoms with Gasteiger partial charge in [-0.25, -0.2) is 0 Å². The molecule has 1 atom stereocenters. The lowest BCUT2D eigenvalue weighted by molar-refractivity contribution is 1.01. The van der Waals surface area contributed by atoms with Gasteiger partial charge in [-0.1, -0.05) is 65.7 Å². The first kappa shape index (κ1) is 16.7. The molecule has 4 heteroatoms. The van der Waals surface area contributed by atoms with E-state index in [2.05, 4.69) is 24.3 Å². The fourth-order valence-corrected chi connectivity index (χ4v) is 4.68. The number of fused-ring (bicyclic) bond motifs is 1. The van der Waals surface area contributed by atoms with Crippen LogP contribution in [0.15, 0.2) is 82.7 Å². The van der Waals surface area contributed by atoms with E-state index in [0.717, 1.165) is 39.0 Å². The molecular formula is C21H15Cl2NS. The maximum Gasteiger partial charge on any atom is 0.0769 e. The molecule has 3 aromatic rings. The highest BCUT2D eigenvalue weighted by atomic mass is 35.5. The zero-order valence-corrected chi connectivity index (χ0v) is 15.7. The molecule has 0 spiro atoms. The van der Waals surface area contributed by atoms with Gasteiger partial charge in [0.1, 0.15) is 0 Å². The maximum atomic E-state index is 6.48. The van der Waals surface area contributed by atoms with Gasteiger partial charge >= 0.3 is 0 Å². The Bertz CT molecular complexity index is 935. The number of nitrogens with zero attached hydrogens (tertiary/aromatic N) is 1. The molecule has 1 heterocycles. The van der Waals surface area contributed by atoms with E-state index < -0.39 is 0 Å². The number of aliphatic imine (C=N–C) groups is 1. The van der Waals surface area contributed by atoms with Crippen molar-refractivity contribution in [3.05, 3.63) is 94.0 Å². The van der Waals surface area contributed by atoms with E-state index in [0.29, 0.717) is 0 Å². The van der Waals surface area contributed by atoms with Crippen molar-refractivity contribution in [2.24, 2.45) is 4.99 Å². The molecule has 0 fully saturated rings. The Kier molecular flexibility index (Phi) is 4.85. The minimum Gasteiger partial charge on any atom is -0.252 e. The molecule has 4 rings (SSSR count). The van der Waals surface area contributed by atoms with Gasteiger partial charge in [0.15, 0.2) is 0 Å². The SMILES string of the molecule is Clc1ccc(C2=Nc3ccccc3S[C@H](c3ccccc3Cl)C2)cc1. The van der Waals surface area contributed by atoms with Crippen molar-refractivity contribution in [3.8, 4) is 0 Å². The third kappa shape index (κ3) is 3.62. The predicted octanol–water partition coefficient (Wildman–Crippen LogP) is 7.35. The topological polar surface area (TPSA) is 12.4 Å². The van der Waals surface area contributed by atoms with Crippen molar-refractivity contribution in [2.75, 3.05) is 0 Å². The molecule has 0 saturated carbocycles. The Morgan fingerprint density at radius 2 is 1.56 bits per heavy atom. The zero-order chi connectivity index (χ0) is 17.2. The molecule has 1 aliphatic heterocycles. The molecule has 1 nitrogen and oxygen atoms in total. The first-order chi connectivity index (χ1) is 12.2. The van der Waals surface area contributed by atoms with Crippen molar-refractivity contribution >= 4 is 46.4 Å². The minimum absolute atomic E-state index is 0.215. The van der Waals surface area contributed by atoms with Gasteiger partial charge in [-0.2, -0.15) is 0 Å². The van der Waals surface area contributed by atoms with E-state index in [1.54, 1.807) is 0 Å². The van der Waals surface area contributed by atoms with Crippen molar-refractivity contribution in [1.82, 2.24) is 0 Å². The second-order valence-electron chi connectivity index (χ2n) is 5.87. The van der Waals surface area contributed by atoms with Crippen molar-refractivity contribution in [1.29, 1.82) is 0 Å². The molecule has 0 saturated heterocycles. The van der Waals surface area contributed by atoms with Gasteiger partial charge in [-0.15, -0.1) is 11.8 Å². The van der Waals surface area contributed by atoms with Crippen LogP contribution in [0.1, 0.15) is 22.8 Å². The van der Waals surface area contributed by atoms with Gasteiger partial charge < -0.3 is 0 Å². The van der Waals surface area contributed by atoms with Crippen LogP contribution in [0.25, 0.3) is 0 Å². The highest BCUT2D eigenvalue weighted by Gasteiger charge is 2.23. The third-order valence-corrected chi connectivity index (χ3v) is 6.10. The molecule has 0 aliphatic carbocycles. The lowest BCUT2D eigenvalue weighted by atomic mass is 10.0. The van der Waals surface area contributed by atoms with Crippen molar-refractivity contribution in [3.63, 3.8) is 0 Å². The Balaban J connectivity index is 1.82. The minimum atomic E-state index is 0.215. The second kappa shape index (κ2) is 7.25. The molecule has 0 unspecified atom stereocenters. The Morgan fingerprint density at radius 3 is 2.36 bits per heavy atom. The Morgan fingerprint density at radius 1 is 0.840 bits per heavy atom. The van der Waals surface area contributed by atoms with E-state index in [4.69, 9.17) is 28.2 Å². The molecule has 0 bridgehead atoms. The number of thioether (sulfide) groups is 1. The summed E-state index contributed by atoms with van der Waals surface area (Å²) in [6.07, 6.45) is 0.810. The summed E-state index contributed by atoms with van der Waals surface area (Å²) < 4.78 is 0. The Labute approximate surface area is 161 Å². The molecule has 25 heavy (non-hydrogen) atoms. The van der Waals surface area contributed by atoms with Crippen molar-refractivity contribution in [2.45, 2.75) is 16.6 Å². The quantitative estimate of drug-likeness (QED) is 0.450. The van der Waals surface area contributed by atoms with Crippen LogP contribution in [0.5, 0.6) is 0 Å². The predicted molar refractivity (Wildman–Crippen MR) is 109 cm³/mol. The van der Waals surface area contributed by atoms with Crippen LogP contribution < -0.4 is 0 Å². The highest BCUT2D eigenvalue weighted by Crippen LogP contribution is 2.47. The lowest BCUT2D eigenvalue weighted by Gasteiger charge is -2.17. The first-order valence-corrected chi connectivity index (χ1v) is 9.68. The molecule has 0 aromatic heterocycles. The van der Waals surface area contributed by atoms with Crippen LogP contribution >= 0.6 is 35.0 Å². The molecule has 124 valence electrons. The molecule has 0 radical (unpaired) electrons. The molecule has 3 aromatic carbocycles. The number of hydrogen-bond acceptors (Lipinski definition) is 2. The third-order valence-electron chi connectivity index (χ3n) is 4.20. The maximum absolute atomic E-state index is 6.48. The van der Waals surface area contributed by atoms with Gasteiger partial charge in [-0.3, -0.25) is 4.99 Å². The standard InChI is InChI=1S/C21H15Cl2NS/c22-15-11-9-14(10-12-15)19-13-21(16-5-1-2-6-17(16)23)25-20-8-4-3-7-18(20)24-19/h1-12,21H,13H2/t21-/m0/s1. The summed E-state index contributed by atoms with van der Waals surface area (Å²) in [6.45, 7) is 0. The number of hydrogen-bond donors (Lipinski definition) is 0. The van der Waals surface area contributed by atoms with Crippen LogP contribution in [0, 0.1) is 0 Å². The monoisotopic (exact) mass is 383 g/mol. The number of rotatable bonds is 2. The van der Waals surface area contributed by atoms with Crippen LogP contribution in [0.4, 0.5) is 5.69 Å². The largest absolute Gasteiger partial charge is 0.252 e. The molecule has 0 N–H and O–H groups in total. The number of benzene rings is 3. The smallest absolute Gasteiger partial charge is 0.0769 e. The molecule has 1 aliphatic rings. The van der Waals surface area contributed by atoms with E-state index in [1.807, 2.05) is 60.3 Å². The summed E-state index contributed by atoms with van der Waals surface area (Å²) in [6, 6.07) is 24.2. The number of para-hydroxylation sites is 1. The summed E-state index contributed by atoms with van der Waals surface area (Å²) in [5.41, 5.74) is 4.30. The van der Waals surface area contributed by atoms with Crippen molar-refractivity contribution < 1.29 is 0 Å². The van der Waals surface area contributed by atoms with Crippen LogP contribution in [-0.2, 0) is 0 Å². The van der Waals surface area contributed by atoms with E-state index >= 15 is 0 Å². The average Bonchev–Trinajstić information content (AvgIpc) is 2.82. The summed E-state index contributed by atoms with van der Waals surface area (Å²) in [5, 5.41) is 1.75. The summed E-state index contributed by atoms with van der Waals surface area (Å²) in [4.78, 5) is 6.13. The molecule has 0 amide bonds. The Hall–Kier alpha value is -1.74. The summed E-state index contributed by atoms with van der Waals surface area (Å²) in [5.74, 6) is 0. The summed E-state index contributed by atoms with van der Waals surface area (Å²) in [7, 11) is 0. The first-order valence-electron chi connectivity index (χ1n) is 8.04. The highest BCUT2D eigenvalue weighted by molar-refractivity contribution is 7.99. The van der Waals surface area contributed by atoms with E-state index in [9.17, 15) is 0 Å². The normalized spacial score (nSPS) is 16.7. The van der Waals surface area contributed by atoms with E-state index in [1.165, 1.54) is 4.90 Å². The van der Waals surface area contributed by atoms with Gasteiger partial charge in [0, 0.05) is 32.3 Å². The van der Waals surface area contributed by atoms with E-state index in [-0.39, 0.29) is 5.25 Å². The fourth-order valence-electron chi connectivity index (χ4n) is 2.95. The summed E-state index contributed by atoms with van der Waals surface area (Å²) >= 11 is 14.4. The van der Waals surface area contributed by atoms with Gasteiger partial charge in [0.05, 0.1) is 5.69 Å². The van der Waals surface area contributed by atoms with Gasteiger partial charge in [0.2, 0.25) is 0 Å².